The minimum Gasteiger partial charge on any atom is -0.456 e. The van der Waals surface area contributed by atoms with Crippen LogP contribution in [-0.2, 0) is 0 Å². The van der Waals surface area contributed by atoms with E-state index in [4.69, 9.17) is 11.3 Å². The smallest absolute Gasteiger partial charge is 0.136 e. The molecule has 246 valence electrons. The maximum absolute atomic E-state index is 8.78. The number of hydrogen-bond acceptors (Lipinski definition) is 1. The third-order valence-electron chi connectivity index (χ3n) is 10.7. The Morgan fingerprint density at radius 2 is 0.906 bits per heavy atom. The van der Waals surface area contributed by atoms with Crippen molar-refractivity contribution in [3.63, 3.8) is 0 Å². The minimum atomic E-state index is -0.399. The molecule has 0 saturated heterocycles. The van der Waals surface area contributed by atoms with Crippen molar-refractivity contribution in [1.29, 1.82) is 0 Å². The van der Waals surface area contributed by atoms with Crippen molar-refractivity contribution in [2.24, 2.45) is 0 Å². The van der Waals surface area contributed by atoms with Gasteiger partial charge in [-0.2, -0.15) is 0 Å². The summed E-state index contributed by atoms with van der Waals surface area (Å²) in [6, 6.07) is 55.4. The Labute approximate surface area is 314 Å². The summed E-state index contributed by atoms with van der Waals surface area (Å²) in [5, 5.41) is 10.7. The normalized spacial score (nSPS) is 13.1. The molecule has 0 spiro atoms. The van der Waals surface area contributed by atoms with E-state index in [9.17, 15) is 0 Å². The van der Waals surface area contributed by atoms with E-state index in [0.29, 0.717) is 5.56 Å². The molecule has 1 nitrogen and oxygen atoms in total. The Balaban J connectivity index is 1.14. The fraction of sp³-hybridized carbons (Fsp3) is 0. The third kappa shape index (κ3) is 4.64. The Kier molecular flexibility index (Phi) is 5.58. The average Bonchev–Trinajstić information content (AvgIpc) is 3.63. The number of fused-ring (bicyclic) bond motifs is 7. The van der Waals surface area contributed by atoms with Crippen LogP contribution in [-0.4, -0.2) is 0 Å². The molecule has 11 rings (SSSR count). The lowest BCUT2D eigenvalue weighted by molar-refractivity contribution is 0.669. The molecule has 0 atom stereocenters. The molecule has 0 unspecified atom stereocenters. The monoisotopic (exact) mass is 677 g/mol. The number of hydrogen-bond donors (Lipinski definition) is 0. The Hall–Kier alpha value is -6.96. The summed E-state index contributed by atoms with van der Waals surface area (Å²) in [6.45, 7) is 0. The molecular formula is C52H32O. The van der Waals surface area contributed by atoms with Gasteiger partial charge in [0.25, 0.3) is 0 Å². The molecule has 1 heteroatoms. The van der Waals surface area contributed by atoms with Gasteiger partial charge in [-0.25, -0.2) is 0 Å². The molecule has 0 amide bonds. The Morgan fingerprint density at radius 3 is 1.62 bits per heavy atom. The average molecular weight is 678 g/mol. The van der Waals surface area contributed by atoms with E-state index in [0.717, 1.165) is 93.0 Å². The predicted octanol–water partition coefficient (Wildman–Crippen LogP) is 14.9. The third-order valence-corrected chi connectivity index (χ3v) is 10.7. The van der Waals surface area contributed by atoms with E-state index in [1.165, 1.54) is 5.39 Å². The zero-order chi connectivity index (χ0) is 39.2. The number of rotatable bonds is 4. The molecule has 1 aromatic heterocycles. The van der Waals surface area contributed by atoms with Crippen molar-refractivity contribution in [3.05, 3.63) is 194 Å². The van der Waals surface area contributed by atoms with Crippen molar-refractivity contribution < 1.29 is 11.3 Å². The maximum Gasteiger partial charge on any atom is 0.136 e. The first-order valence-electron chi connectivity index (χ1n) is 20.3. The molecule has 0 aliphatic rings. The topological polar surface area (TPSA) is 13.1 Å². The summed E-state index contributed by atoms with van der Waals surface area (Å²) in [4.78, 5) is 0. The van der Waals surface area contributed by atoms with Gasteiger partial charge in [-0.1, -0.05) is 170 Å². The van der Waals surface area contributed by atoms with E-state index in [2.05, 4.69) is 127 Å². The van der Waals surface area contributed by atoms with Gasteiger partial charge in [-0.3, -0.25) is 0 Å². The van der Waals surface area contributed by atoms with Crippen LogP contribution in [0.3, 0.4) is 0 Å². The molecule has 53 heavy (non-hydrogen) atoms. The van der Waals surface area contributed by atoms with Gasteiger partial charge < -0.3 is 4.42 Å². The van der Waals surface area contributed by atoms with Gasteiger partial charge in [-0.05, 0) is 112 Å². The largest absolute Gasteiger partial charge is 0.456 e. The van der Waals surface area contributed by atoms with E-state index >= 15 is 0 Å². The van der Waals surface area contributed by atoms with Crippen molar-refractivity contribution in [2.45, 2.75) is 0 Å². The highest BCUT2D eigenvalue weighted by Crippen LogP contribution is 2.47. The van der Waals surface area contributed by atoms with Crippen molar-refractivity contribution in [1.82, 2.24) is 0 Å². The van der Waals surface area contributed by atoms with Gasteiger partial charge in [-0.15, -0.1) is 0 Å². The van der Waals surface area contributed by atoms with Crippen LogP contribution in [0.25, 0.3) is 110 Å². The van der Waals surface area contributed by atoms with Crippen LogP contribution in [0.5, 0.6) is 0 Å². The molecule has 11 aromatic rings. The lowest BCUT2D eigenvalue weighted by Crippen LogP contribution is -1.92. The summed E-state index contributed by atoms with van der Waals surface area (Å²) in [6.07, 6.45) is 0. The van der Waals surface area contributed by atoms with Crippen LogP contribution in [0, 0.1) is 0 Å². The second kappa shape index (κ2) is 11.8. The van der Waals surface area contributed by atoms with Crippen LogP contribution in [0.4, 0.5) is 0 Å². The van der Waals surface area contributed by atoms with E-state index in [1.807, 2.05) is 36.4 Å². The zero-order valence-electron chi connectivity index (χ0n) is 33.5. The van der Waals surface area contributed by atoms with Gasteiger partial charge in [0.05, 0.1) is 6.85 Å². The van der Waals surface area contributed by atoms with Crippen molar-refractivity contribution in [2.75, 3.05) is 0 Å². The van der Waals surface area contributed by atoms with Crippen LogP contribution in [0.1, 0.15) is 6.85 Å². The lowest BCUT2D eigenvalue weighted by Gasteiger charge is -2.20. The Morgan fingerprint density at radius 1 is 0.340 bits per heavy atom. The van der Waals surface area contributed by atoms with E-state index < -0.39 is 6.04 Å². The van der Waals surface area contributed by atoms with Gasteiger partial charge in [0.1, 0.15) is 11.2 Å². The van der Waals surface area contributed by atoms with Gasteiger partial charge in [0.2, 0.25) is 0 Å². The van der Waals surface area contributed by atoms with Crippen molar-refractivity contribution >= 4 is 65.0 Å². The first-order valence-corrected chi connectivity index (χ1v) is 17.8. The minimum absolute atomic E-state index is 0.200. The lowest BCUT2D eigenvalue weighted by atomic mass is 9.83. The quantitative estimate of drug-likeness (QED) is 0.169. The standard InChI is InChI=1S/C52H32O/c1-2-14-33(15-3-1)38-28-29-46(41-21-7-6-20-40(38)41)51-44-24-10-8-22-42(44)50(43-23-9-11-25-45(43)51)37-19-12-18-36(30-37)39-26-13-27-48-52(39)47-31-34-16-4-5-17-35(34)32-49(47)53-48/h1-32H/i1D,2D,3D,14D,15D. The molecule has 0 bridgehead atoms. The highest BCUT2D eigenvalue weighted by atomic mass is 16.3. The molecule has 10 aromatic carbocycles. The molecular weight excluding hydrogens is 641 g/mol. The fourth-order valence-electron chi connectivity index (χ4n) is 8.44. The molecule has 0 aliphatic heterocycles. The van der Waals surface area contributed by atoms with Crippen LogP contribution in [0.2, 0.25) is 0 Å². The Bertz CT molecular complexity index is 3440. The highest BCUT2D eigenvalue weighted by Gasteiger charge is 2.20. The van der Waals surface area contributed by atoms with Crippen LogP contribution in [0.15, 0.2) is 198 Å². The molecule has 0 radical (unpaired) electrons. The summed E-state index contributed by atoms with van der Waals surface area (Å²) >= 11 is 0. The van der Waals surface area contributed by atoms with Gasteiger partial charge in [0, 0.05) is 10.8 Å². The van der Waals surface area contributed by atoms with E-state index in [-0.39, 0.29) is 29.7 Å². The summed E-state index contributed by atoms with van der Waals surface area (Å²) in [5.41, 5.74) is 9.09. The SMILES string of the molecule is [2H]c1c([2H])c([2H])c(-c2ccc(-c3c4ccccc4c(-c4cccc(-c5cccc6oc7cc8ccccc8cc7c56)c4)c4ccccc34)c3ccccc23)c([2H])c1[2H]. The van der Waals surface area contributed by atoms with Crippen molar-refractivity contribution in [3.8, 4) is 44.5 Å². The van der Waals surface area contributed by atoms with Gasteiger partial charge in [0.15, 0.2) is 0 Å². The predicted molar refractivity (Wildman–Crippen MR) is 225 cm³/mol. The zero-order valence-corrected chi connectivity index (χ0v) is 28.5. The van der Waals surface area contributed by atoms with Crippen LogP contribution < -0.4 is 0 Å². The summed E-state index contributed by atoms with van der Waals surface area (Å²) in [7, 11) is 0. The molecule has 1 heterocycles. The fourth-order valence-corrected chi connectivity index (χ4v) is 8.44. The second-order valence-corrected chi connectivity index (χ2v) is 13.6. The molecule has 0 N–H and O–H groups in total. The maximum atomic E-state index is 8.78. The highest BCUT2D eigenvalue weighted by molar-refractivity contribution is 6.24. The number of furan rings is 1. The first kappa shape index (κ1) is 25.1. The molecule has 0 saturated carbocycles. The van der Waals surface area contributed by atoms with E-state index in [1.54, 1.807) is 0 Å². The van der Waals surface area contributed by atoms with Gasteiger partial charge >= 0.3 is 0 Å². The summed E-state index contributed by atoms with van der Waals surface area (Å²) < 4.78 is 48.9. The molecule has 0 aliphatic carbocycles. The summed E-state index contributed by atoms with van der Waals surface area (Å²) in [5.74, 6) is 0. The second-order valence-electron chi connectivity index (χ2n) is 13.6. The first-order chi connectivity index (χ1) is 28.4. The van der Waals surface area contributed by atoms with Crippen LogP contribution >= 0.6 is 0 Å². The molecule has 0 fully saturated rings. The number of benzene rings is 10.